The summed E-state index contributed by atoms with van der Waals surface area (Å²) in [5.41, 5.74) is 8.06. The standard InChI is InChI=1S/C15H11BrFN3O/c16-13-8-10(17)3-6-12(13)15-19-14(21-20-15)7-9-1-4-11(18)5-2-9/h1-6,8H,7,18H2. The number of nitrogens with zero attached hydrogens (tertiary/aromatic N) is 2. The summed E-state index contributed by atoms with van der Waals surface area (Å²) in [5, 5.41) is 3.93. The summed E-state index contributed by atoms with van der Waals surface area (Å²) in [7, 11) is 0. The Kier molecular flexibility index (Phi) is 3.70. The van der Waals surface area contributed by atoms with Crippen molar-refractivity contribution in [1.82, 2.24) is 10.1 Å². The average Bonchev–Trinajstić information content (AvgIpc) is 2.90. The lowest BCUT2D eigenvalue weighted by Gasteiger charge is -1.98. The fourth-order valence-corrected chi connectivity index (χ4v) is 2.45. The van der Waals surface area contributed by atoms with Gasteiger partial charge in [0.15, 0.2) is 0 Å². The first-order chi connectivity index (χ1) is 10.1. The maximum atomic E-state index is 13.1. The molecule has 0 bridgehead atoms. The number of aromatic nitrogens is 2. The van der Waals surface area contributed by atoms with Crippen molar-refractivity contribution in [1.29, 1.82) is 0 Å². The van der Waals surface area contributed by atoms with Crippen molar-refractivity contribution in [3.8, 4) is 11.4 Å². The minimum atomic E-state index is -0.323. The summed E-state index contributed by atoms with van der Waals surface area (Å²) in [6.45, 7) is 0. The fraction of sp³-hybridized carbons (Fsp3) is 0.0667. The maximum absolute atomic E-state index is 13.1. The molecule has 0 saturated carbocycles. The molecule has 3 rings (SSSR count). The van der Waals surface area contributed by atoms with Gasteiger partial charge in [0.25, 0.3) is 0 Å². The number of benzene rings is 2. The smallest absolute Gasteiger partial charge is 0.231 e. The maximum Gasteiger partial charge on any atom is 0.231 e. The van der Waals surface area contributed by atoms with Crippen LogP contribution in [0.25, 0.3) is 11.4 Å². The summed E-state index contributed by atoms with van der Waals surface area (Å²) in [6.07, 6.45) is 0.520. The monoisotopic (exact) mass is 347 g/mol. The van der Waals surface area contributed by atoms with Crippen LogP contribution in [-0.4, -0.2) is 10.1 Å². The van der Waals surface area contributed by atoms with Crippen molar-refractivity contribution in [2.75, 3.05) is 5.73 Å². The summed E-state index contributed by atoms with van der Waals surface area (Å²) in [6, 6.07) is 11.8. The van der Waals surface area contributed by atoms with Gasteiger partial charge in [-0.15, -0.1) is 0 Å². The molecule has 1 aromatic heterocycles. The molecule has 6 heteroatoms. The van der Waals surface area contributed by atoms with Crippen molar-refractivity contribution < 1.29 is 8.91 Å². The van der Waals surface area contributed by atoms with Gasteiger partial charge >= 0.3 is 0 Å². The Morgan fingerprint density at radius 3 is 2.62 bits per heavy atom. The van der Waals surface area contributed by atoms with Crippen molar-refractivity contribution in [3.63, 3.8) is 0 Å². The zero-order valence-electron chi connectivity index (χ0n) is 10.9. The Morgan fingerprint density at radius 1 is 1.14 bits per heavy atom. The van der Waals surface area contributed by atoms with E-state index in [1.807, 2.05) is 24.3 Å². The predicted octanol–water partition coefficient (Wildman–Crippen LogP) is 3.81. The van der Waals surface area contributed by atoms with E-state index in [4.69, 9.17) is 10.3 Å². The molecule has 0 spiro atoms. The van der Waals surface area contributed by atoms with E-state index in [-0.39, 0.29) is 5.82 Å². The topological polar surface area (TPSA) is 64.9 Å². The minimum absolute atomic E-state index is 0.323. The van der Waals surface area contributed by atoms with E-state index in [0.717, 1.165) is 5.56 Å². The van der Waals surface area contributed by atoms with Crippen LogP contribution in [0.2, 0.25) is 0 Å². The minimum Gasteiger partial charge on any atom is -0.399 e. The molecule has 0 saturated heterocycles. The lowest BCUT2D eigenvalue weighted by molar-refractivity contribution is 0.385. The average molecular weight is 348 g/mol. The first-order valence-corrected chi connectivity index (χ1v) is 7.03. The molecule has 1 heterocycles. The second-order valence-electron chi connectivity index (χ2n) is 4.55. The normalized spacial score (nSPS) is 10.8. The van der Waals surface area contributed by atoms with E-state index in [1.54, 1.807) is 6.07 Å². The lowest BCUT2D eigenvalue weighted by Crippen LogP contribution is -1.90. The second-order valence-corrected chi connectivity index (χ2v) is 5.41. The third-order valence-electron chi connectivity index (χ3n) is 2.98. The van der Waals surface area contributed by atoms with Crippen LogP contribution in [-0.2, 0) is 6.42 Å². The molecule has 21 heavy (non-hydrogen) atoms. The molecule has 2 aromatic carbocycles. The van der Waals surface area contributed by atoms with Crippen molar-refractivity contribution in [2.24, 2.45) is 0 Å². The van der Waals surface area contributed by atoms with E-state index < -0.39 is 0 Å². The Hall–Kier alpha value is -2.21. The van der Waals surface area contributed by atoms with Crippen LogP contribution >= 0.6 is 15.9 Å². The first-order valence-electron chi connectivity index (χ1n) is 6.24. The van der Waals surface area contributed by atoms with Gasteiger partial charge in [0.1, 0.15) is 5.82 Å². The van der Waals surface area contributed by atoms with Crippen molar-refractivity contribution in [2.45, 2.75) is 6.42 Å². The number of hydrogen-bond donors (Lipinski definition) is 1. The van der Waals surface area contributed by atoms with E-state index in [9.17, 15) is 4.39 Å². The second kappa shape index (κ2) is 5.65. The van der Waals surface area contributed by atoms with Crippen LogP contribution in [0.1, 0.15) is 11.5 Å². The molecule has 3 aromatic rings. The van der Waals surface area contributed by atoms with Crippen molar-refractivity contribution >= 4 is 21.6 Å². The highest BCUT2D eigenvalue weighted by Crippen LogP contribution is 2.27. The quantitative estimate of drug-likeness (QED) is 0.731. The molecule has 2 N–H and O–H groups in total. The Balaban J connectivity index is 1.84. The molecule has 0 atom stereocenters. The molecule has 106 valence electrons. The SMILES string of the molecule is Nc1ccc(Cc2nc(-c3ccc(F)cc3Br)no2)cc1. The summed E-state index contributed by atoms with van der Waals surface area (Å²) in [4.78, 5) is 4.33. The summed E-state index contributed by atoms with van der Waals surface area (Å²) < 4.78 is 18.9. The molecule has 4 nitrogen and oxygen atoms in total. The highest BCUT2D eigenvalue weighted by atomic mass is 79.9. The van der Waals surface area contributed by atoms with Crippen LogP contribution in [0, 0.1) is 5.82 Å². The van der Waals surface area contributed by atoms with Gasteiger partial charge in [0.05, 0.1) is 6.42 Å². The van der Waals surface area contributed by atoms with Gasteiger partial charge in [0, 0.05) is 15.7 Å². The third kappa shape index (κ3) is 3.11. The number of halogens is 2. The van der Waals surface area contributed by atoms with Gasteiger partial charge < -0.3 is 10.3 Å². The molecule has 0 fully saturated rings. The Labute approximate surface area is 128 Å². The third-order valence-corrected chi connectivity index (χ3v) is 3.63. The number of nitrogens with two attached hydrogens (primary N) is 1. The molecule has 0 aliphatic heterocycles. The molecule has 0 aliphatic rings. The van der Waals surface area contributed by atoms with E-state index in [1.165, 1.54) is 12.1 Å². The van der Waals surface area contributed by atoms with E-state index >= 15 is 0 Å². The van der Waals surface area contributed by atoms with Crippen LogP contribution in [0.5, 0.6) is 0 Å². The van der Waals surface area contributed by atoms with Crippen LogP contribution in [0.4, 0.5) is 10.1 Å². The molecule has 0 radical (unpaired) electrons. The number of hydrogen-bond acceptors (Lipinski definition) is 4. The fourth-order valence-electron chi connectivity index (χ4n) is 1.92. The molecule has 0 aliphatic carbocycles. The highest BCUT2D eigenvalue weighted by molar-refractivity contribution is 9.10. The van der Waals surface area contributed by atoms with Gasteiger partial charge in [-0.1, -0.05) is 17.3 Å². The first kappa shape index (κ1) is 13.8. The molecule has 0 unspecified atom stereocenters. The van der Waals surface area contributed by atoms with Gasteiger partial charge in [-0.25, -0.2) is 4.39 Å². The molecule has 0 amide bonds. The van der Waals surface area contributed by atoms with Crippen LogP contribution in [0.3, 0.4) is 0 Å². The van der Waals surface area contributed by atoms with E-state index in [2.05, 4.69) is 26.1 Å². The van der Waals surface area contributed by atoms with Crippen LogP contribution in [0.15, 0.2) is 51.5 Å². The highest BCUT2D eigenvalue weighted by Gasteiger charge is 2.12. The molecular formula is C15H11BrFN3O. The lowest BCUT2D eigenvalue weighted by atomic mass is 10.1. The summed E-state index contributed by atoms with van der Waals surface area (Å²) >= 11 is 3.29. The Bertz CT molecular complexity index is 771. The van der Waals surface area contributed by atoms with E-state index in [0.29, 0.717) is 33.9 Å². The molecular weight excluding hydrogens is 337 g/mol. The zero-order valence-corrected chi connectivity index (χ0v) is 12.5. The van der Waals surface area contributed by atoms with Gasteiger partial charge in [-0.05, 0) is 51.8 Å². The van der Waals surface area contributed by atoms with Gasteiger partial charge in [-0.2, -0.15) is 4.98 Å². The number of nitrogen functional groups attached to an aromatic ring is 1. The number of anilines is 1. The number of rotatable bonds is 3. The van der Waals surface area contributed by atoms with Gasteiger partial charge in [0.2, 0.25) is 11.7 Å². The van der Waals surface area contributed by atoms with Gasteiger partial charge in [-0.3, -0.25) is 0 Å². The zero-order chi connectivity index (χ0) is 14.8. The largest absolute Gasteiger partial charge is 0.399 e. The van der Waals surface area contributed by atoms with Crippen LogP contribution < -0.4 is 5.73 Å². The predicted molar refractivity (Wildman–Crippen MR) is 81.1 cm³/mol. The summed E-state index contributed by atoms with van der Waals surface area (Å²) in [5.74, 6) is 0.592. The Morgan fingerprint density at radius 2 is 1.90 bits per heavy atom. The van der Waals surface area contributed by atoms with Crippen molar-refractivity contribution in [3.05, 3.63) is 64.2 Å².